The SMILES string of the molecule is CC(=O)N[C@@H](C)c1ccc(O[C@@H]2CCN(c3nc(C)ncc3Br)C2)cc1. The first kappa shape index (κ1) is 18.6. The van der Waals surface area contributed by atoms with E-state index in [4.69, 9.17) is 4.74 Å². The number of aryl methyl sites for hydroxylation is 1. The smallest absolute Gasteiger partial charge is 0.217 e. The summed E-state index contributed by atoms with van der Waals surface area (Å²) in [7, 11) is 0. The Morgan fingerprint density at radius 2 is 2.12 bits per heavy atom. The van der Waals surface area contributed by atoms with Crippen molar-refractivity contribution in [2.45, 2.75) is 39.3 Å². The van der Waals surface area contributed by atoms with Gasteiger partial charge in [0.15, 0.2) is 0 Å². The lowest BCUT2D eigenvalue weighted by atomic mass is 10.1. The predicted molar refractivity (Wildman–Crippen MR) is 104 cm³/mol. The summed E-state index contributed by atoms with van der Waals surface area (Å²) in [4.78, 5) is 22.1. The van der Waals surface area contributed by atoms with E-state index in [1.54, 1.807) is 6.20 Å². The highest BCUT2D eigenvalue weighted by molar-refractivity contribution is 9.10. The molecule has 6 nitrogen and oxygen atoms in total. The minimum absolute atomic E-state index is 0.0122. The minimum Gasteiger partial charge on any atom is -0.489 e. The fraction of sp³-hybridized carbons (Fsp3) is 0.421. The maximum atomic E-state index is 11.2. The molecule has 1 amide bonds. The highest BCUT2D eigenvalue weighted by atomic mass is 79.9. The van der Waals surface area contributed by atoms with Gasteiger partial charge in [0.2, 0.25) is 5.91 Å². The van der Waals surface area contributed by atoms with Gasteiger partial charge in [0.1, 0.15) is 23.5 Å². The summed E-state index contributed by atoms with van der Waals surface area (Å²) >= 11 is 3.53. The van der Waals surface area contributed by atoms with Crippen LogP contribution in [0.25, 0.3) is 0 Å². The molecular formula is C19H23BrN4O2. The molecule has 1 aromatic heterocycles. The Bertz CT molecular complexity index is 782. The zero-order valence-electron chi connectivity index (χ0n) is 15.2. The number of ether oxygens (including phenoxy) is 1. The van der Waals surface area contributed by atoms with Crippen LogP contribution in [0.5, 0.6) is 5.75 Å². The number of rotatable bonds is 5. The summed E-state index contributed by atoms with van der Waals surface area (Å²) in [6.07, 6.45) is 2.86. The molecular weight excluding hydrogens is 396 g/mol. The highest BCUT2D eigenvalue weighted by Crippen LogP contribution is 2.28. The minimum atomic E-state index is -0.0324. The van der Waals surface area contributed by atoms with E-state index in [-0.39, 0.29) is 18.1 Å². The lowest BCUT2D eigenvalue weighted by Crippen LogP contribution is -2.26. The van der Waals surface area contributed by atoms with E-state index in [9.17, 15) is 4.79 Å². The Morgan fingerprint density at radius 3 is 2.81 bits per heavy atom. The molecule has 2 atom stereocenters. The summed E-state index contributed by atoms with van der Waals surface area (Å²) in [5.41, 5.74) is 1.06. The number of nitrogens with zero attached hydrogens (tertiary/aromatic N) is 3. The molecule has 2 aromatic rings. The molecule has 26 heavy (non-hydrogen) atoms. The zero-order valence-corrected chi connectivity index (χ0v) is 16.8. The van der Waals surface area contributed by atoms with Crippen molar-refractivity contribution >= 4 is 27.7 Å². The van der Waals surface area contributed by atoms with Gasteiger partial charge >= 0.3 is 0 Å². The molecule has 7 heteroatoms. The zero-order chi connectivity index (χ0) is 18.7. The van der Waals surface area contributed by atoms with Crippen molar-refractivity contribution in [3.05, 3.63) is 46.3 Å². The first-order valence-electron chi connectivity index (χ1n) is 8.70. The molecule has 0 aliphatic carbocycles. The van der Waals surface area contributed by atoms with Gasteiger partial charge in [-0.2, -0.15) is 0 Å². The van der Waals surface area contributed by atoms with Crippen molar-refractivity contribution in [3.63, 3.8) is 0 Å². The molecule has 2 heterocycles. The molecule has 3 rings (SSSR count). The van der Waals surface area contributed by atoms with Crippen LogP contribution >= 0.6 is 15.9 Å². The molecule has 0 unspecified atom stereocenters. The molecule has 0 saturated carbocycles. The van der Waals surface area contributed by atoms with Crippen LogP contribution in [-0.2, 0) is 4.79 Å². The van der Waals surface area contributed by atoms with Crippen molar-refractivity contribution < 1.29 is 9.53 Å². The second-order valence-corrected chi connectivity index (χ2v) is 7.41. The van der Waals surface area contributed by atoms with Crippen molar-refractivity contribution in [2.75, 3.05) is 18.0 Å². The van der Waals surface area contributed by atoms with Crippen LogP contribution in [0.2, 0.25) is 0 Å². The third kappa shape index (κ3) is 4.52. The Balaban J connectivity index is 1.60. The van der Waals surface area contributed by atoms with E-state index in [1.165, 1.54) is 6.92 Å². The van der Waals surface area contributed by atoms with Gasteiger partial charge in [0.05, 0.1) is 17.1 Å². The monoisotopic (exact) mass is 418 g/mol. The van der Waals surface area contributed by atoms with Crippen LogP contribution in [0.3, 0.4) is 0 Å². The van der Waals surface area contributed by atoms with Gasteiger partial charge in [0, 0.05) is 26.1 Å². The van der Waals surface area contributed by atoms with Crippen LogP contribution < -0.4 is 15.0 Å². The van der Waals surface area contributed by atoms with Crippen LogP contribution in [0, 0.1) is 6.92 Å². The van der Waals surface area contributed by atoms with Crippen LogP contribution in [0.15, 0.2) is 34.9 Å². The topological polar surface area (TPSA) is 67.3 Å². The third-order valence-electron chi connectivity index (χ3n) is 4.39. The van der Waals surface area contributed by atoms with Crippen molar-refractivity contribution in [1.29, 1.82) is 0 Å². The number of aromatic nitrogens is 2. The quantitative estimate of drug-likeness (QED) is 0.805. The fourth-order valence-corrected chi connectivity index (χ4v) is 3.54. The van der Waals surface area contributed by atoms with Crippen molar-refractivity contribution in [3.8, 4) is 5.75 Å². The summed E-state index contributed by atoms with van der Waals surface area (Å²) in [6, 6.07) is 7.89. The first-order chi connectivity index (χ1) is 12.4. The van der Waals surface area contributed by atoms with Crippen LogP contribution in [0.4, 0.5) is 5.82 Å². The van der Waals surface area contributed by atoms with Crippen molar-refractivity contribution in [1.82, 2.24) is 15.3 Å². The fourth-order valence-electron chi connectivity index (χ4n) is 3.10. The Morgan fingerprint density at radius 1 is 1.38 bits per heavy atom. The van der Waals surface area contributed by atoms with Gasteiger partial charge in [-0.15, -0.1) is 0 Å². The molecule has 1 aliphatic heterocycles. The number of halogens is 1. The van der Waals surface area contributed by atoms with Gasteiger partial charge in [0.25, 0.3) is 0 Å². The van der Waals surface area contributed by atoms with E-state index in [0.717, 1.165) is 46.9 Å². The largest absolute Gasteiger partial charge is 0.489 e. The molecule has 1 fully saturated rings. The average Bonchev–Trinajstić information content (AvgIpc) is 3.05. The van der Waals surface area contributed by atoms with Crippen LogP contribution in [-0.4, -0.2) is 35.1 Å². The number of hydrogen-bond donors (Lipinski definition) is 1. The summed E-state index contributed by atoms with van der Waals surface area (Å²) in [5.74, 6) is 2.49. The number of nitrogens with one attached hydrogen (secondary N) is 1. The lowest BCUT2D eigenvalue weighted by Gasteiger charge is -2.19. The highest BCUT2D eigenvalue weighted by Gasteiger charge is 2.26. The molecule has 138 valence electrons. The Kier molecular flexibility index (Phi) is 5.76. The number of anilines is 1. The molecule has 1 aliphatic rings. The maximum absolute atomic E-state index is 11.2. The number of carbonyl (C=O) groups excluding carboxylic acids is 1. The number of hydrogen-bond acceptors (Lipinski definition) is 5. The molecule has 1 N–H and O–H groups in total. The van der Waals surface area contributed by atoms with E-state index in [0.29, 0.717) is 0 Å². The molecule has 0 spiro atoms. The number of benzene rings is 1. The van der Waals surface area contributed by atoms with Gasteiger partial charge in [-0.25, -0.2) is 9.97 Å². The van der Waals surface area contributed by atoms with Gasteiger partial charge in [-0.1, -0.05) is 12.1 Å². The average molecular weight is 419 g/mol. The summed E-state index contributed by atoms with van der Waals surface area (Å²) in [5, 5.41) is 2.88. The second kappa shape index (κ2) is 8.03. The maximum Gasteiger partial charge on any atom is 0.217 e. The molecule has 0 bridgehead atoms. The Hall–Kier alpha value is -2.15. The third-order valence-corrected chi connectivity index (χ3v) is 4.95. The van der Waals surface area contributed by atoms with E-state index in [1.807, 2.05) is 38.1 Å². The van der Waals surface area contributed by atoms with Crippen LogP contribution in [0.1, 0.15) is 37.7 Å². The summed E-state index contributed by atoms with van der Waals surface area (Å²) < 4.78 is 7.03. The van der Waals surface area contributed by atoms with Crippen molar-refractivity contribution in [2.24, 2.45) is 0 Å². The van der Waals surface area contributed by atoms with Gasteiger partial charge in [-0.3, -0.25) is 4.79 Å². The second-order valence-electron chi connectivity index (χ2n) is 6.55. The Labute approximate surface area is 162 Å². The van der Waals surface area contributed by atoms with Gasteiger partial charge < -0.3 is 15.0 Å². The number of amides is 1. The molecule has 1 aromatic carbocycles. The van der Waals surface area contributed by atoms with E-state index in [2.05, 4.69) is 36.1 Å². The van der Waals surface area contributed by atoms with E-state index < -0.39 is 0 Å². The standard InChI is InChI=1S/C19H23BrN4O2/c1-12(22-14(3)25)15-4-6-16(7-5-15)26-17-8-9-24(11-17)19-18(20)10-21-13(2)23-19/h4-7,10,12,17H,8-9,11H2,1-3H3,(H,22,25)/t12-,17+/m0/s1. The predicted octanol–water partition coefficient (Wildman–Crippen LogP) is 3.40. The lowest BCUT2D eigenvalue weighted by molar-refractivity contribution is -0.119. The van der Waals surface area contributed by atoms with E-state index >= 15 is 0 Å². The van der Waals surface area contributed by atoms with Gasteiger partial charge in [-0.05, 0) is 47.5 Å². The molecule has 1 saturated heterocycles. The number of carbonyl (C=O) groups is 1. The normalized spacial score (nSPS) is 17.8. The first-order valence-corrected chi connectivity index (χ1v) is 9.49. The summed E-state index contributed by atoms with van der Waals surface area (Å²) in [6.45, 7) is 7.07. The molecule has 0 radical (unpaired) electrons.